The molecule has 1 saturated carbocycles. The standard InChI is InChI=1S/C15H15N3O2/c1-18-9-11(6-7-13(18)19)15(20)17-12-3-2-8-16-14(12)10-4-5-10/h2-3,6-10H,4-5H2,1H3,(H,17,20). The highest BCUT2D eigenvalue weighted by molar-refractivity contribution is 6.04. The third kappa shape index (κ3) is 2.47. The van der Waals surface area contributed by atoms with E-state index in [1.165, 1.54) is 22.9 Å². The molecule has 3 rings (SSSR count). The van der Waals surface area contributed by atoms with Crippen LogP contribution in [0, 0.1) is 0 Å². The van der Waals surface area contributed by atoms with E-state index in [0.717, 1.165) is 24.2 Å². The fourth-order valence-corrected chi connectivity index (χ4v) is 2.13. The van der Waals surface area contributed by atoms with Gasteiger partial charge in [-0.2, -0.15) is 0 Å². The zero-order chi connectivity index (χ0) is 14.1. The van der Waals surface area contributed by atoms with Crippen molar-refractivity contribution in [3.63, 3.8) is 0 Å². The topological polar surface area (TPSA) is 64.0 Å². The first-order valence-electron chi connectivity index (χ1n) is 6.58. The summed E-state index contributed by atoms with van der Waals surface area (Å²) in [4.78, 5) is 27.9. The van der Waals surface area contributed by atoms with Crippen molar-refractivity contribution < 1.29 is 4.79 Å². The lowest BCUT2D eigenvalue weighted by atomic mass is 10.2. The molecule has 0 atom stereocenters. The number of nitrogens with zero attached hydrogens (tertiary/aromatic N) is 2. The molecule has 5 heteroatoms. The Kier molecular flexibility index (Phi) is 3.10. The second-order valence-corrected chi connectivity index (χ2v) is 5.03. The maximum absolute atomic E-state index is 12.2. The summed E-state index contributed by atoms with van der Waals surface area (Å²) in [6.07, 6.45) is 5.53. The van der Waals surface area contributed by atoms with Crippen LogP contribution < -0.4 is 10.9 Å². The van der Waals surface area contributed by atoms with Gasteiger partial charge in [0.05, 0.1) is 16.9 Å². The van der Waals surface area contributed by atoms with E-state index in [1.807, 2.05) is 12.1 Å². The van der Waals surface area contributed by atoms with Crippen LogP contribution in [0.25, 0.3) is 0 Å². The van der Waals surface area contributed by atoms with Gasteiger partial charge in [0.25, 0.3) is 5.91 Å². The minimum absolute atomic E-state index is 0.137. The molecular weight excluding hydrogens is 254 g/mol. The van der Waals surface area contributed by atoms with Gasteiger partial charge in [-0.1, -0.05) is 0 Å². The van der Waals surface area contributed by atoms with Crippen molar-refractivity contribution in [2.24, 2.45) is 7.05 Å². The number of carbonyl (C=O) groups excluding carboxylic acids is 1. The first-order valence-corrected chi connectivity index (χ1v) is 6.58. The molecule has 1 N–H and O–H groups in total. The van der Waals surface area contributed by atoms with Gasteiger partial charge in [0.1, 0.15) is 0 Å². The molecule has 5 nitrogen and oxygen atoms in total. The van der Waals surface area contributed by atoms with Gasteiger partial charge in [-0.3, -0.25) is 14.6 Å². The SMILES string of the molecule is Cn1cc(C(=O)Nc2cccnc2C2CC2)ccc1=O. The van der Waals surface area contributed by atoms with E-state index in [2.05, 4.69) is 10.3 Å². The van der Waals surface area contributed by atoms with E-state index in [0.29, 0.717) is 11.5 Å². The van der Waals surface area contributed by atoms with Crippen molar-refractivity contribution >= 4 is 11.6 Å². The summed E-state index contributed by atoms with van der Waals surface area (Å²) in [5.41, 5.74) is 2.03. The molecule has 2 heterocycles. The number of carbonyl (C=O) groups is 1. The van der Waals surface area contributed by atoms with Gasteiger partial charge in [0.2, 0.25) is 5.56 Å². The van der Waals surface area contributed by atoms with E-state index in [1.54, 1.807) is 13.2 Å². The number of aromatic nitrogens is 2. The Morgan fingerprint density at radius 3 is 2.85 bits per heavy atom. The lowest BCUT2D eigenvalue weighted by Crippen LogP contribution is -2.20. The van der Waals surface area contributed by atoms with Gasteiger partial charge in [-0.05, 0) is 31.0 Å². The Balaban J connectivity index is 1.85. The smallest absolute Gasteiger partial charge is 0.257 e. The maximum atomic E-state index is 12.2. The molecular formula is C15H15N3O2. The average Bonchev–Trinajstić information content (AvgIpc) is 3.27. The van der Waals surface area contributed by atoms with Crippen molar-refractivity contribution in [1.82, 2.24) is 9.55 Å². The molecule has 0 unspecified atom stereocenters. The predicted octanol–water partition coefficient (Wildman–Crippen LogP) is 1.91. The minimum Gasteiger partial charge on any atom is -0.320 e. The van der Waals surface area contributed by atoms with Crippen LogP contribution in [0.1, 0.15) is 34.8 Å². The Hall–Kier alpha value is -2.43. The summed E-state index contributed by atoms with van der Waals surface area (Å²) in [5, 5.41) is 2.88. The number of hydrogen-bond acceptors (Lipinski definition) is 3. The molecule has 0 radical (unpaired) electrons. The van der Waals surface area contributed by atoms with Gasteiger partial charge in [0.15, 0.2) is 0 Å². The summed E-state index contributed by atoms with van der Waals surface area (Å²) in [6.45, 7) is 0. The van der Waals surface area contributed by atoms with Crippen LogP contribution in [0.2, 0.25) is 0 Å². The van der Waals surface area contributed by atoms with Crippen LogP contribution in [-0.4, -0.2) is 15.5 Å². The number of nitrogens with one attached hydrogen (secondary N) is 1. The fraction of sp³-hybridized carbons (Fsp3) is 0.267. The Labute approximate surface area is 116 Å². The van der Waals surface area contributed by atoms with Crippen molar-refractivity contribution in [2.45, 2.75) is 18.8 Å². The van der Waals surface area contributed by atoms with Crippen molar-refractivity contribution in [2.75, 3.05) is 5.32 Å². The molecule has 0 spiro atoms. The van der Waals surface area contributed by atoms with Gasteiger partial charge in [-0.25, -0.2) is 0 Å². The van der Waals surface area contributed by atoms with Crippen molar-refractivity contribution in [3.8, 4) is 0 Å². The molecule has 20 heavy (non-hydrogen) atoms. The van der Waals surface area contributed by atoms with E-state index in [-0.39, 0.29) is 11.5 Å². The average molecular weight is 269 g/mol. The van der Waals surface area contributed by atoms with E-state index >= 15 is 0 Å². The van der Waals surface area contributed by atoms with Crippen molar-refractivity contribution in [1.29, 1.82) is 0 Å². The first-order chi connectivity index (χ1) is 9.65. The van der Waals surface area contributed by atoms with E-state index in [9.17, 15) is 9.59 Å². The minimum atomic E-state index is -0.226. The summed E-state index contributed by atoms with van der Waals surface area (Å²) < 4.78 is 1.39. The number of rotatable bonds is 3. The zero-order valence-corrected chi connectivity index (χ0v) is 11.2. The van der Waals surface area contributed by atoms with Crippen LogP contribution in [0.15, 0.2) is 41.5 Å². The second kappa shape index (κ2) is 4.92. The molecule has 0 saturated heterocycles. The van der Waals surface area contributed by atoms with Crippen LogP contribution >= 0.6 is 0 Å². The summed E-state index contributed by atoms with van der Waals surface area (Å²) >= 11 is 0. The predicted molar refractivity (Wildman–Crippen MR) is 75.8 cm³/mol. The number of anilines is 1. The van der Waals surface area contributed by atoms with Gasteiger partial charge in [0, 0.05) is 31.4 Å². The van der Waals surface area contributed by atoms with Crippen LogP contribution in [-0.2, 0) is 7.05 Å². The quantitative estimate of drug-likeness (QED) is 0.925. The summed E-state index contributed by atoms with van der Waals surface area (Å²) in [6, 6.07) is 6.59. The lowest BCUT2D eigenvalue weighted by molar-refractivity contribution is 0.102. The molecule has 2 aromatic heterocycles. The van der Waals surface area contributed by atoms with Crippen LogP contribution in [0.5, 0.6) is 0 Å². The largest absolute Gasteiger partial charge is 0.320 e. The van der Waals surface area contributed by atoms with E-state index in [4.69, 9.17) is 0 Å². The lowest BCUT2D eigenvalue weighted by Gasteiger charge is -2.09. The second-order valence-electron chi connectivity index (χ2n) is 5.03. The zero-order valence-electron chi connectivity index (χ0n) is 11.2. The number of hydrogen-bond donors (Lipinski definition) is 1. The summed E-state index contributed by atoms with van der Waals surface area (Å²) in [5.74, 6) is 0.238. The molecule has 1 aliphatic rings. The Morgan fingerprint density at radius 2 is 2.15 bits per heavy atom. The van der Waals surface area contributed by atoms with Crippen LogP contribution in [0.3, 0.4) is 0 Å². The monoisotopic (exact) mass is 269 g/mol. The van der Waals surface area contributed by atoms with Crippen LogP contribution in [0.4, 0.5) is 5.69 Å². The molecule has 0 bridgehead atoms. The highest BCUT2D eigenvalue weighted by atomic mass is 16.2. The molecule has 2 aromatic rings. The third-order valence-electron chi connectivity index (χ3n) is 3.40. The summed E-state index contributed by atoms with van der Waals surface area (Å²) in [7, 11) is 1.62. The number of pyridine rings is 2. The molecule has 1 amide bonds. The number of amides is 1. The number of aryl methyl sites for hydroxylation is 1. The van der Waals surface area contributed by atoms with Gasteiger partial charge in [-0.15, -0.1) is 0 Å². The van der Waals surface area contributed by atoms with Gasteiger partial charge < -0.3 is 9.88 Å². The molecule has 1 fully saturated rings. The maximum Gasteiger partial charge on any atom is 0.257 e. The normalized spacial score (nSPS) is 14.1. The molecule has 0 aromatic carbocycles. The van der Waals surface area contributed by atoms with E-state index < -0.39 is 0 Å². The fourth-order valence-electron chi connectivity index (χ4n) is 2.13. The van der Waals surface area contributed by atoms with Gasteiger partial charge >= 0.3 is 0 Å². The van der Waals surface area contributed by atoms with Crippen molar-refractivity contribution in [3.05, 3.63) is 58.3 Å². The molecule has 102 valence electrons. The Bertz CT molecular complexity index is 717. The Morgan fingerprint density at radius 1 is 1.35 bits per heavy atom. The molecule has 0 aliphatic heterocycles. The highest BCUT2D eigenvalue weighted by Gasteiger charge is 2.27. The highest BCUT2D eigenvalue weighted by Crippen LogP contribution is 2.42. The third-order valence-corrected chi connectivity index (χ3v) is 3.40. The molecule has 1 aliphatic carbocycles. The first kappa shape index (κ1) is 12.6.